The molecule has 0 bridgehead atoms. The van der Waals surface area contributed by atoms with Crippen molar-refractivity contribution >= 4 is 17.0 Å². The second-order valence-electron chi connectivity index (χ2n) is 2.53. The Morgan fingerprint density at radius 1 is 1.62 bits per heavy atom. The Hall–Kier alpha value is -1.91. The zero-order valence-electron chi connectivity index (χ0n) is 6.41. The largest absolute Gasteiger partial charge is 0.477 e. The Balaban J connectivity index is 2.77. The smallest absolute Gasteiger partial charge is 0.354 e. The average Bonchev–Trinajstić information content (AvgIpc) is 2.51. The minimum atomic E-state index is -1.24. The quantitative estimate of drug-likeness (QED) is 0.697. The molecule has 5 heteroatoms. The minimum absolute atomic E-state index is 0.248. The fourth-order valence-electron chi connectivity index (χ4n) is 1.11. The number of nitrogens with zero attached hydrogens (tertiary/aromatic N) is 1. The van der Waals surface area contributed by atoms with Gasteiger partial charge in [0.25, 0.3) is 0 Å². The zero-order chi connectivity index (χ0) is 9.42. The lowest BCUT2D eigenvalue weighted by Gasteiger charge is -1.95. The highest BCUT2D eigenvalue weighted by molar-refractivity contribution is 5.89. The van der Waals surface area contributed by atoms with Crippen LogP contribution in [0.25, 0.3) is 11.0 Å². The minimum Gasteiger partial charge on any atom is -0.477 e. The number of halogens is 1. The van der Waals surface area contributed by atoms with E-state index in [9.17, 15) is 9.18 Å². The number of carboxylic acid groups (broad SMARTS) is 1. The summed E-state index contributed by atoms with van der Waals surface area (Å²) in [6, 6.07) is 2.40. The van der Waals surface area contributed by atoms with Crippen molar-refractivity contribution in [3.05, 3.63) is 29.8 Å². The summed E-state index contributed by atoms with van der Waals surface area (Å²) in [7, 11) is 0. The van der Waals surface area contributed by atoms with Crippen LogP contribution < -0.4 is 0 Å². The highest BCUT2D eigenvalue weighted by Crippen LogP contribution is 2.15. The van der Waals surface area contributed by atoms with Crippen molar-refractivity contribution in [2.24, 2.45) is 0 Å². The van der Waals surface area contributed by atoms with Gasteiger partial charge in [-0.1, -0.05) is 0 Å². The van der Waals surface area contributed by atoms with Crippen LogP contribution in [0.4, 0.5) is 4.39 Å². The Kier molecular flexibility index (Phi) is 1.51. The molecule has 0 aliphatic rings. The second kappa shape index (κ2) is 2.55. The van der Waals surface area contributed by atoms with Gasteiger partial charge in [-0.2, -0.15) is 0 Å². The normalized spacial score (nSPS) is 10.5. The van der Waals surface area contributed by atoms with Crippen LogP contribution in [0, 0.1) is 5.82 Å². The fourth-order valence-corrected chi connectivity index (χ4v) is 1.11. The lowest BCUT2D eigenvalue weighted by atomic mass is 10.3. The molecular weight excluding hydrogens is 175 g/mol. The molecule has 66 valence electrons. The van der Waals surface area contributed by atoms with Crippen molar-refractivity contribution in [3.8, 4) is 0 Å². The second-order valence-corrected chi connectivity index (χ2v) is 2.53. The number of aromatic amines is 1. The Labute approximate surface area is 72.0 Å². The molecule has 0 saturated carbocycles. The standard InChI is InChI=1S/C8H5FN2O2/c9-5-3-6(8(12)13)11-7-4(5)1-2-10-7/h1-3H,(H,10,11)(H,12,13). The molecule has 2 aromatic heterocycles. The van der Waals surface area contributed by atoms with Crippen molar-refractivity contribution in [1.29, 1.82) is 0 Å². The van der Waals surface area contributed by atoms with Gasteiger partial charge >= 0.3 is 5.97 Å². The van der Waals surface area contributed by atoms with Crippen molar-refractivity contribution < 1.29 is 14.3 Å². The number of rotatable bonds is 1. The predicted octanol–water partition coefficient (Wildman–Crippen LogP) is 1.40. The number of H-pyrrole nitrogens is 1. The third-order valence-electron chi connectivity index (χ3n) is 1.70. The van der Waals surface area contributed by atoms with Crippen LogP contribution in [0.2, 0.25) is 0 Å². The summed E-state index contributed by atoms with van der Waals surface area (Å²) in [5.74, 6) is -1.82. The number of aromatic carboxylic acids is 1. The molecule has 0 amide bonds. The summed E-state index contributed by atoms with van der Waals surface area (Å²) in [4.78, 5) is 16.8. The van der Waals surface area contributed by atoms with Gasteiger partial charge in [0.2, 0.25) is 0 Å². The van der Waals surface area contributed by atoms with Gasteiger partial charge in [0.05, 0.1) is 5.39 Å². The third kappa shape index (κ3) is 1.14. The van der Waals surface area contributed by atoms with E-state index >= 15 is 0 Å². The van der Waals surface area contributed by atoms with E-state index in [-0.39, 0.29) is 11.3 Å². The number of aromatic nitrogens is 2. The zero-order valence-corrected chi connectivity index (χ0v) is 6.41. The number of nitrogens with one attached hydrogen (secondary N) is 1. The lowest BCUT2D eigenvalue weighted by Crippen LogP contribution is -2.01. The first-order valence-corrected chi connectivity index (χ1v) is 3.55. The SMILES string of the molecule is O=C(O)c1cc(F)c2cc[nH]c2n1. The highest BCUT2D eigenvalue weighted by Gasteiger charge is 2.10. The first-order valence-electron chi connectivity index (χ1n) is 3.55. The van der Waals surface area contributed by atoms with Crippen LogP contribution in [0.5, 0.6) is 0 Å². The van der Waals surface area contributed by atoms with Crippen LogP contribution in [-0.2, 0) is 0 Å². The molecule has 2 rings (SSSR count). The van der Waals surface area contributed by atoms with Crippen LogP contribution in [0.15, 0.2) is 18.3 Å². The lowest BCUT2D eigenvalue weighted by molar-refractivity contribution is 0.0690. The van der Waals surface area contributed by atoms with Crippen molar-refractivity contribution in [1.82, 2.24) is 9.97 Å². The van der Waals surface area contributed by atoms with Gasteiger partial charge in [-0.25, -0.2) is 14.2 Å². The molecule has 0 aliphatic carbocycles. The molecule has 0 aliphatic heterocycles. The van der Waals surface area contributed by atoms with E-state index in [1.807, 2.05) is 0 Å². The molecule has 0 saturated heterocycles. The van der Waals surface area contributed by atoms with Gasteiger partial charge in [0.1, 0.15) is 11.5 Å². The van der Waals surface area contributed by atoms with Crippen LogP contribution in [0.1, 0.15) is 10.5 Å². The number of carboxylic acids is 1. The summed E-state index contributed by atoms with van der Waals surface area (Å²) in [6.45, 7) is 0. The number of carbonyl (C=O) groups is 1. The molecule has 4 nitrogen and oxygen atoms in total. The van der Waals surface area contributed by atoms with E-state index in [1.54, 1.807) is 0 Å². The Morgan fingerprint density at radius 2 is 2.38 bits per heavy atom. The van der Waals surface area contributed by atoms with Crippen molar-refractivity contribution in [3.63, 3.8) is 0 Å². The molecule has 2 aromatic rings. The summed E-state index contributed by atoms with van der Waals surface area (Å²) in [5, 5.41) is 8.86. The monoisotopic (exact) mass is 180 g/mol. The molecule has 2 N–H and O–H groups in total. The maximum Gasteiger partial charge on any atom is 0.354 e. The Morgan fingerprint density at radius 3 is 3.08 bits per heavy atom. The van der Waals surface area contributed by atoms with Gasteiger partial charge in [0, 0.05) is 12.3 Å². The number of hydrogen-bond donors (Lipinski definition) is 2. The average molecular weight is 180 g/mol. The van der Waals surface area contributed by atoms with E-state index in [0.29, 0.717) is 5.39 Å². The first kappa shape index (κ1) is 7.72. The summed E-state index contributed by atoms with van der Waals surface area (Å²) < 4.78 is 13.1. The van der Waals surface area contributed by atoms with E-state index in [0.717, 1.165) is 6.07 Å². The molecule has 0 aromatic carbocycles. The molecule has 0 fully saturated rings. The summed E-state index contributed by atoms with van der Waals surface area (Å²) in [6.07, 6.45) is 1.51. The highest BCUT2D eigenvalue weighted by atomic mass is 19.1. The maximum absolute atomic E-state index is 13.1. The summed E-state index contributed by atoms with van der Waals surface area (Å²) >= 11 is 0. The molecular formula is C8H5FN2O2. The van der Waals surface area contributed by atoms with Gasteiger partial charge < -0.3 is 10.1 Å². The molecule has 0 radical (unpaired) electrons. The van der Waals surface area contributed by atoms with Gasteiger partial charge in [0.15, 0.2) is 5.69 Å². The van der Waals surface area contributed by atoms with E-state index < -0.39 is 11.8 Å². The van der Waals surface area contributed by atoms with Gasteiger partial charge in [-0.05, 0) is 6.07 Å². The third-order valence-corrected chi connectivity index (χ3v) is 1.70. The molecule has 0 unspecified atom stereocenters. The Bertz CT molecular complexity index is 478. The van der Waals surface area contributed by atoms with Crippen molar-refractivity contribution in [2.75, 3.05) is 0 Å². The summed E-state index contributed by atoms with van der Waals surface area (Å²) in [5.41, 5.74) is -0.0511. The topological polar surface area (TPSA) is 66.0 Å². The first-order chi connectivity index (χ1) is 6.18. The van der Waals surface area contributed by atoms with E-state index in [1.165, 1.54) is 12.3 Å². The van der Waals surface area contributed by atoms with E-state index in [2.05, 4.69) is 9.97 Å². The number of pyridine rings is 1. The number of hydrogen-bond acceptors (Lipinski definition) is 2. The molecule has 0 spiro atoms. The number of fused-ring (bicyclic) bond motifs is 1. The van der Waals surface area contributed by atoms with Gasteiger partial charge in [-0.15, -0.1) is 0 Å². The van der Waals surface area contributed by atoms with Crippen molar-refractivity contribution in [2.45, 2.75) is 0 Å². The van der Waals surface area contributed by atoms with E-state index in [4.69, 9.17) is 5.11 Å². The molecule has 0 atom stereocenters. The maximum atomic E-state index is 13.1. The fraction of sp³-hybridized carbons (Fsp3) is 0. The molecule has 13 heavy (non-hydrogen) atoms. The van der Waals surface area contributed by atoms with Gasteiger partial charge in [-0.3, -0.25) is 0 Å². The van der Waals surface area contributed by atoms with Crippen LogP contribution >= 0.6 is 0 Å². The van der Waals surface area contributed by atoms with Crippen LogP contribution in [-0.4, -0.2) is 21.0 Å². The molecule has 2 heterocycles. The predicted molar refractivity (Wildman–Crippen MR) is 43.0 cm³/mol. The van der Waals surface area contributed by atoms with Crippen LogP contribution in [0.3, 0.4) is 0 Å².